The lowest BCUT2D eigenvalue weighted by Crippen LogP contribution is -2.30. The van der Waals surface area contributed by atoms with Gasteiger partial charge in [-0.15, -0.1) is 0 Å². The Hall–Kier alpha value is -1.94. The molecular weight excluding hydrogens is 1160 g/mol. The maximum atomic E-state index is 13.0. The van der Waals surface area contributed by atoms with Gasteiger partial charge in [-0.3, -0.25) is 37.3 Å². The van der Waals surface area contributed by atoms with Crippen molar-refractivity contribution in [2.45, 2.75) is 368 Å². The fourth-order valence-electron chi connectivity index (χ4n) is 10.4. The minimum atomic E-state index is -4.95. The predicted molar refractivity (Wildman–Crippen MR) is 354 cm³/mol. The molecule has 0 aromatic heterocycles. The molecule has 0 saturated carbocycles. The molecular formula is C69H134O17P2. The average molecular weight is 1300 g/mol. The number of hydrogen-bond acceptors (Lipinski definition) is 15. The number of phosphoric acid groups is 2. The summed E-state index contributed by atoms with van der Waals surface area (Å²) in [5, 5.41) is 10.6. The minimum absolute atomic E-state index is 0.106. The average Bonchev–Trinajstić information content (AvgIpc) is 3.55. The summed E-state index contributed by atoms with van der Waals surface area (Å²) in [4.78, 5) is 72.4. The van der Waals surface area contributed by atoms with Crippen LogP contribution in [-0.2, 0) is 65.4 Å². The number of unbranched alkanes of at least 4 members (excludes halogenated alkanes) is 38. The van der Waals surface area contributed by atoms with E-state index in [0.717, 1.165) is 102 Å². The number of aliphatic hydroxyl groups is 1. The molecule has 5 atom stereocenters. The van der Waals surface area contributed by atoms with Gasteiger partial charge in [0.1, 0.15) is 19.3 Å². The molecule has 3 N–H and O–H groups in total. The van der Waals surface area contributed by atoms with E-state index in [9.17, 15) is 43.2 Å². The zero-order chi connectivity index (χ0) is 65.0. The lowest BCUT2D eigenvalue weighted by atomic mass is 10.0. The largest absolute Gasteiger partial charge is 0.472 e. The first-order chi connectivity index (χ1) is 42.4. The summed E-state index contributed by atoms with van der Waals surface area (Å²) in [6, 6.07) is 0. The lowest BCUT2D eigenvalue weighted by Gasteiger charge is -2.21. The Kier molecular flexibility index (Phi) is 59.9. The molecule has 0 heterocycles. The number of carbonyl (C=O) groups is 4. The number of rotatable bonds is 68. The molecule has 0 aromatic carbocycles. The van der Waals surface area contributed by atoms with Crippen LogP contribution in [0.25, 0.3) is 0 Å². The van der Waals surface area contributed by atoms with Gasteiger partial charge in [-0.05, 0) is 37.5 Å². The van der Waals surface area contributed by atoms with Gasteiger partial charge in [0.2, 0.25) is 0 Å². The number of esters is 4. The standard InChI is InChI=1S/C69H134O17P2/c1-7-9-11-13-15-17-27-33-39-45-51-66(71)79-57-64(85-68(73)53-47-41-35-28-18-16-14-12-10-8-2)59-83-87(75,76)81-55-63(70)56-82-88(77,78)84-60-65(58-80-67(72)52-46-40-34-29-24-23-26-32-38-44-50-62(5)6)86-69(74)54-48-42-36-30-22-20-19-21-25-31-37-43-49-61(3)4/h61-65,70H,7-60H2,1-6H3,(H,75,76)(H,77,78)/t63-,64+,65+/m0/s1. The molecule has 0 radical (unpaired) electrons. The maximum Gasteiger partial charge on any atom is 0.472 e. The highest BCUT2D eigenvalue weighted by atomic mass is 31.2. The van der Waals surface area contributed by atoms with Crippen molar-refractivity contribution in [1.29, 1.82) is 0 Å². The van der Waals surface area contributed by atoms with Gasteiger partial charge in [-0.25, -0.2) is 9.13 Å². The van der Waals surface area contributed by atoms with E-state index in [1.807, 2.05) is 0 Å². The number of aliphatic hydroxyl groups excluding tert-OH is 1. The summed E-state index contributed by atoms with van der Waals surface area (Å²) in [5.74, 6) is -0.590. The second kappa shape index (κ2) is 61.3. The van der Waals surface area contributed by atoms with E-state index in [-0.39, 0.29) is 25.7 Å². The highest BCUT2D eigenvalue weighted by molar-refractivity contribution is 7.47. The van der Waals surface area contributed by atoms with Gasteiger partial charge in [-0.1, -0.05) is 298 Å². The highest BCUT2D eigenvalue weighted by Gasteiger charge is 2.30. The molecule has 17 nitrogen and oxygen atoms in total. The van der Waals surface area contributed by atoms with Gasteiger partial charge in [0, 0.05) is 25.7 Å². The van der Waals surface area contributed by atoms with Gasteiger partial charge in [0.15, 0.2) is 12.2 Å². The van der Waals surface area contributed by atoms with Crippen molar-refractivity contribution >= 4 is 39.5 Å². The second-order valence-corrected chi connectivity index (χ2v) is 28.8. The van der Waals surface area contributed by atoms with Crippen LogP contribution in [0, 0.1) is 11.8 Å². The van der Waals surface area contributed by atoms with E-state index in [1.54, 1.807) is 0 Å². The monoisotopic (exact) mass is 1300 g/mol. The smallest absolute Gasteiger partial charge is 0.462 e. The zero-order valence-electron chi connectivity index (χ0n) is 57.0. The molecule has 88 heavy (non-hydrogen) atoms. The van der Waals surface area contributed by atoms with Crippen molar-refractivity contribution in [3.05, 3.63) is 0 Å². The van der Waals surface area contributed by atoms with Crippen molar-refractivity contribution in [3.8, 4) is 0 Å². The van der Waals surface area contributed by atoms with Gasteiger partial charge in [0.05, 0.1) is 26.4 Å². The van der Waals surface area contributed by atoms with Crippen molar-refractivity contribution < 1.29 is 80.2 Å². The van der Waals surface area contributed by atoms with Gasteiger partial charge in [0.25, 0.3) is 0 Å². The molecule has 0 fully saturated rings. The van der Waals surface area contributed by atoms with Gasteiger partial charge in [-0.2, -0.15) is 0 Å². The molecule has 0 rings (SSSR count). The quantitative estimate of drug-likeness (QED) is 0.0222. The van der Waals surface area contributed by atoms with Gasteiger partial charge < -0.3 is 33.8 Å². The van der Waals surface area contributed by atoms with Crippen molar-refractivity contribution in [2.24, 2.45) is 11.8 Å². The molecule has 19 heteroatoms. The van der Waals surface area contributed by atoms with E-state index in [2.05, 4.69) is 41.5 Å². The second-order valence-electron chi connectivity index (χ2n) is 25.9. The normalized spacial score (nSPS) is 14.2. The lowest BCUT2D eigenvalue weighted by molar-refractivity contribution is -0.161. The number of ether oxygens (including phenoxy) is 4. The molecule has 0 bridgehead atoms. The summed E-state index contributed by atoms with van der Waals surface area (Å²) in [5.41, 5.74) is 0. The Labute approximate surface area is 537 Å². The van der Waals surface area contributed by atoms with Crippen LogP contribution in [-0.4, -0.2) is 96.7 Å². The van der Waals surface area contributed by atoms with E-state index in [1.165, 1.54) is 167 Å². The molecule has 0 amide bonds. The summed E-state index contributed by atoms with van der Waals surface area (Å²) < 4.78 is 68.2. The van der Waals surface area contributed by atoms with Crippen molar-refractivity contribution in [3.63, 3.8) is 0 Å². The molecule has 0 aliphatic rings. The van der Waals surface area contributed by atoms with Crippen LogP contribution in [0.15, 0.2) is 0 Å². The molecule has 0 spiro atoms. The van der Waals surface area contributed by atoms with Crippen molar-refractivity contribution in [2.75, 3.05) is 39.6 Å². The number of hydrogen-bond donors (Lipinski definition) is 3. The van der Waals surface area contributed by atoms with Crippen molar-refractivity contribution in [1.82, 2.24) is 0 Å². The summed E-state index contributed by atoms with van der Waals surface area (Å²) in [6.45, 7) is 9.53. The Morgan fingerprint density at radius 3 is 0.773 bits per heavy atom. The first-order valence-electron chi connectivity index (χ1n) is 36.0. The Morgan fingerprint density at radius 1 is 0.307 bits per heavy atom. The highest BCUT2D eigenvalue weighted by Crippen LogP contribution is 2.45. The van der Waals surface area contributed by atoms with Crippen LogP contribution in [0.3, 0.4) is 0 Å². The molecule has 0 aliphatic carbocycles. The van der Waals surface area contributed by atoms with E-state index in [0.29, 0.717) is 25.7 Å². The van der Waals surface area contributed by atoms with E-state index >= 15 is 0 Å². The van der Waals surface area contributed by atoms with Crippen LogP contribution in [0.1, 0.15) is 350 Å². The molecule has 0 aromatic rings. The predicted octanol–water partition coefficient (Wildman–Crippen LogP) is 19.6. The van der Waals surface area contributed by atoms with Crippen LogP contribution < -0.4 is 0 Å². The topological polar surface area (TPSA) is 237 Å². The number of carbonyl (C=O) groups excluding carboxylic acids is 4. The fraction of sp³-hybridized carbons (Fsp3) is 0.942. The minimum Gasteiger partial charge on any atom is -0.462 e. The first kappa shape index (κ1) is 86.1. The Bertz CT molecular complexity index is 1720. The summed E-state index contributed by atoms with van der Waals surface area (Å²) in [6.07, 6.45) is 45.7. The maximum absolute atomic E-state index is 13.0. The van der Waals surface area contributed by atoms with E-state index in [4.69, 9.17) is 37.0 Å². The van der Waals surface area contributed by atoms with E-state index < -0.39 is 97.5 Å². The molecule has 0 aliphatic heterocycles. The van der Waals surface area contributed by atoms with Crippen LogP contribution in [0.5, 0.6) is 0 Å². The number of phosphoric ester groups is 2. The van der Waals surface area contributed by atoms with Crippen LogP contribution in [0.4, 0.5) is 0 Å². The van der Waals surface area contributed by atoms with Crippen LogP contribution >= 0.6 is 15.6 Å². The SMILES string of the molecule is CCCCCCCCCCCCC(=O)OC[C@H](COP(=O)(O)OC[C@H](O)COP(=O)(O)OC[C@@H](COC(=O)CCCCCCCCCCCCC(C)C)OC(=O)CCCCCCCCCCCCCCC(C)C)OC(=O)CCCCCCCCCCCC. The molecule has 2 unspecified atom stereocenters. The molecule has 0 saturated heterocycles. The zero-order valence-corrected chi connectivity index (χ0v) is 58.8. The summed E-state index contributed by atoms with van der Waals surface area (Å²) in [7, 11) is -9.90. The third-order valence-electron chi connectivity index (χ3n) is 16.0. The third kappa shape index (κ3) is 62.8. The summed E-state index contributed by atoms with van der Waals surface area (Å²) >= 11 is 0. The third-order valence-corrected chi connectivity index (χ3v) is 17.9. The molecule has 522 valence electrons. The fourth-order valence-corrected chi connectivity index (χ4v) is 12.0. The Morgan fingerprint density at radius 2 is 0.523 bits per heavy atom. The first-order valence-corrected chi connectivity index (χ1v) is 39.0. The van der Waals surface area contributed by atoms with Gasteiger partial charge >= 0.3 is 39.5 Å². The van der Waals surface area contributed by atoms with Crippen LogP contribution in [0.2, 0.25) is 0 Å². The Balaban J connectivity index is 5.24.